The summed E-state index contributed by atoms with van der Waals surface area (Å²) in [5.41, 5.74) is 5.63. The maximum atomic E-state index is 12.3. The van der Waals surface area contributed by atoms with Gasteiger partial charge in [0.05, 0.1) is 16.8 Å². The van der Waals surface area contributed by atoms with E-state index >= 15 is 0 Å². The van der Waals surface area contributed by atoms with Crippen molar-refractivity contribution >= 4 is 46.2 Å². The van der Waals surface area contributed by atoms with Crippen molar-refractivity contribution in [2.75, 3.05) is 0 Å². The number of halogens is 2. The van der Waals surface area contributed by atoms with Crippen molar-refractivity contribution in [3.05, 3.63) is 99.7 Å². The van der Waals surface area contributed by atoms with Crippen LogP contribution in [0.2, 0.25) is 10.0 Å². The molecule has 0 atom stereocenters. The number of hydrogen-bond donors (Lipinski definition) is 2. The molecule has 1 amide bonds. The van der Waals surface area contributed by atoms with Crippen LogP contribution in [0.15, 0.2) is 78.0 Å². The van der Waals surface area contributed by atoms with Crippen molar-refractivity contribution in [1.82, 2.24) is 10.4 Å². The molecule has 4 rings (SSSR count). The van der Waals surface area contributed by atoms with Gasteiger partial charge in [0.15, 0.2) is 0 Å². The summed E-state index contributed by atoms with van der Waals surface area (Å²) >= 11 is 11.9. The Morgan fingerprint density at radius 1 is 1.07 bits per heavy atom. The topological polar surface area (TPSA) is 66.5 Å². The van der Waals surface area contributed by atoms with E-state index in [2.05, 4.69) is 15.5 Å². The van der Waals surface area contributed by atoms with E-state index in [1.807, 2.05) is 54.7 Å². The Morgan fingerprint density at radius 2 is 1.90 bits per heavy atom. The van der Waals surface area contributed by atoms with Crippen LogP contribution in [0.4, 0.5) is 0 Å². The number of carbonyl (C=O) groups is 1. The molecule has 0 aliphatic rings. The number of aromatic amines is 1. The standard InChI is InChI=1S/C23H17Cl2N3O2/c24-17-6-8-19(21(25)10-17)23(29)28-27-13-16-12-26-22-9-7-18(11-20(16)22)30-14-15-4-2-1-3-5-15/h1-13,26H,14H2,(H,28,29)/b27-13-. The van der Waals surface area contributed by atoms with Crippen molar-refractivity contribution in [3.63, 3.8) is 0 Å². The van der Waals surface area contributed by atoms with Crippen LogP contribution in [0.5, 0.6) is 5.75 Å². The van der Waals surface area contributed by atoms with Crippen LogP contribution in [-0.4, -0.2) is 17.1 Å². The SMILES string of the molecule is O=C(N/N=C\c1c[nH]c2ccc(OCc3ccccc3)cc12)c1ccc(Cl)cc1Cl. The van der Waals surface area contributed by atoms with Crippen LogP contribution in [0.1, 0.15) is 21.5 Å². The predicted molar refractivity (Wildman–Crippen MR) is 121 cm³/mol. The Labute approximate surface area is 183 Å². The average molecular weight is 438 g/mol. The number of hydrogen-bond acceptors (Lipinski definition) is 3. The van der Waals surface area contributed by atoms with Crippen LogP contribution in [0.3, 0.4) is 0 Å². The average Bonchev–Trinajstić information content (AvgIpc) is 3.15. The third-order valence-corrected chi connectivity index (χ3v) is 5.03. The molecule has 2 N–H and O–H groups in total. The minimum atomic E-state index is -0.417. The summed E-state index contributed by atoms with van der Waals surface area (Å²) in [4.78, 5) is 15.4. The van der Waals surface area contributed by atoms with Gasteiger partial charge < -0.3 is 9.72 Å². The number of hydrazone groups is 1. The van der Waals surface area contributed by atoms with Gasteiger partial charge in [-0.3, -0.25) is 4.79 Å². The third kappa shape index (κ3) is 4.64. The van der Waals surface area contributed by atoms with E-state index in [0.29, 0.717) is 17.2 Å². The van der Waals surface area contributed by atoms with Crippen LogP contribution in [0.25, 0.3) is 10.9 Å². The minimum absolute atomic E-state index is 0.266. The molecule has 30 heavy (non-hydrogen) atoms. The largest absolute Gasteiger partial charge is 0.489 e. The third-order valence-electron chi connectivity index (χ3n) is 4.48. The monoisotopic (exact) mass is 437 g/mol. The van der Waals surface area contributed by atoms with Crippen LogP contribution < -0.4 is 10.2 Å². The molecule has 1 aromatic heterocycles. The van der Waals surface area contributed by atoms with Gasteiger partial charge in [0.2, 0.25) is 0 Å². The Morgan fingerprint density at radius 3 is 2.70 bits per heavy atom. The Hall–Kier alpha value is -3.28. The zero-order chi connectivity index (χ0) is 20.9. The molecule has 0 saturated carbocycles. The van der Waals surface area contributed by atoms with E-state index in [4.69, 9.17) is 27.9 Å². The highest BCUT2D eigenvalue weighted by Crippen LogP contribution is 2.24. The van der Waals surface area contributed by atoms with Gasteiger partial charge in [-0.15, -0.1) is 0 Å². The van der Waals surface area contributed by atoms with Gasteiger partial charge in [0.1, 0.15) is 12.4 Å². The maximum Gasteiger partial charge on any atom is 0.272 e. The molecule has 0 bridgehead atoms. The van der Waals surface area contributed by atoms with Gasteiger partial charge in [-0.1, -0.05) is 53.5 Å². The first-order chi connectivity index (χ1) is 14.6. The lowest BCUT2D eigenvalue weighted by atomic mass is 10.2. The molecule has 0 saturated heterocycles. The lowest BCUT2D eigenvalue weighted by Gasteiger charge is -2.06. The number of benzene rings is 3. The fourth-order valence-corrected chi connectivity index (χ4v) is 3.45. The molecule has 0 aliphatic carbocycles. The van der Waals surface area contributed by atoms with Crippen LogP contribution in [-0.2, 0) is 6.61 Å². The number of rotatable bonds is 6. The summed E-state index contributed by atoms with van der Waals surface area (Å²) in [6.45, 7) is 0.484. The quantitative estimate of drug-likeness (QED) is 0.294. The van der Waals surface area contributed by atoms with E-state index in [0.717, 1.165) is 27.8 Å². The molecule has 0 aliphatic heterocycles. The van der Waals surface area contributed by atoms with Crippen LogP contribution >= 0.6 is 23.2 Å². The molecule has 7 heteroatoms. The maximum absolute atomic E-state index is 12.3. The summed E-state index contributed by atoms with van der Waals surface area (Å²) in [5.74, 6) is 0.331. The minimum Gasteiger partial charge on any atom is -0.489 e. The highest BCUT2D eigenvalue weighted by Gasteiger charge is 2.10. The van der Waals surface area contributed by atoms with Gasteiger partial charge >= 0.3 is 0 Å². The van der Waals surface area contributed by atoms with Crippen molar-refractivity contribution in [3.8, 4) is 5.75 Å². The van der Waals surface area contributed by atoms with E-state index in [1.54, 1.807) is 18.3 Å². The smallest absolute Gasteiger partial charge is 0.272 e. The molecule has 0 spiro atoms. The predicted octanol–water partition coefficient (Wildman–Crippen LogP) is 5.82. The van der Waals surface area contributed by atoms with Crippen molar-refractivity contribution in [1.29, 1.82) is 0 Å². The summed E-state index contributed by atoms with van der Waals surface area (Å²) in [7, 11) is 0. The van der Waals surface area contributed by atoms with E-state index in [-0.39, 0.29) is 5.02 Å². The Kier molecular flexibility index (Phi) is 6.02. The van der Waals surface area contributed by atoms with E-state index < -0.39 is 5.91 Å². The molecule has 0 unspecified atom stereocenters. The highest BCUT2D eigenvalue weighted by atomic mass is 35.5. The fourth-order valence-electron chi connectivity index (χ4n) is 2.95. The molecule has 1 heterocycles. The summed E-state index contributed by atoms with van der Waals surface area (Å²) in [5, 5.41) is 5.71. The summed E-state index contributed by atoms with van der Waals surface area (Å²) in [6.07, 6.45) is 3.39. The summed E-state index contributed by atoms with van der Waals surface area (Å²) in [6, 6.07) is 20.4. The molecule has 3 aromatic carbocycles. The number of H-pyrrole nitrogens is 1. The first-order valence-electron chi connectivity index (χ1n) is 9.16. The van der Waals surface area contributed by atoms with Gasteiger partial charge in [-0.05, 0) is 42.0 Å². The molecule has 0 fully saturated rings. The van der Waals surface area contributed by atoms with Crippen molar-refractivity contribution < 1.29 is 9.53 Å². The van der Waals surface area contributed by atoms with E-state index in [1.165, 1.54) is 6.07 Å². The first kappa shape index (κ1) is 20.0. The number of nitrogens with one attached hydrogen (secondary N) is 2. The molecular weight excluding hydrogens is 421 g/mol. The number of amides is 1. The van der Waals surface area contributed by atoms with Gasteiger partial charge in [0, 0.05) is 27.7 Å². The number of ether oxygens (including phenoxy) is 1. The Bertz CT molecular complexity index is 1220. The Balaban J connectivity index is 1.46. The van der Waals surface area contributed by atoms with Gasteiger partial charge in [0.25, 0.3) is 5.91 Å². The molecular formula is C23H17Cl2N3O2. The number of carbonyl (C=O) groups excluding carboxylic acids is 1. The van der Waals surface area contributed by atoms with Crippen molar-refractivity contribution in [2.24, 2.45) is 5.10 Å². The molecule has 5 nitrogen and oxygen atoms in total. The number of aromatic nitrogens is 1. The molecule has 0 radical (unpaired) electrons. The summed E-state index contributed by atoms with van der Waals surface area (Å²) < 4.78 is 5.89. The molecule has 150 valence electrons. The van der Waals surface area contributed by atoms with Gasteiger partial charge in [-0.2, -0.15) is 5.10 Å². The second-order valence-corrected chi connectivity index (χ2v) is 7.39. The van der Waals surface area contributed by atoms with Gasteiger partial charge in [-0.25, -0.2) is 5.43 Å². The normalized spacial score (nSPS) is 11.1. The number of fused-ring (bicyclic) bond motifs is 1. The molecule has 4 aromatic rings. The zero-order valence-corrected chi connectivity index (χ0v) is 17.2. The second kappa shape index (κ2) is 9.03. The fraction of sp³-hybridized carbons (Fsp3) is 0.0435. The van der Waals surface area contributed by atoms with Crippen LogP contribution in [0, 0.1) is 0 Å². The number of nitrogens with zero attached hydrogens (tertiary/aromatic N) is 1. The van der Waals surface area contributed by atoms with Crippen molar-refractivity contribution in [2.45, 2.75) is 6.61 Å². The first-order valence-corrected chi connectivity index (χ1v) is 9.92. The lowest BCUT2D eigenvalue weighted by Crippen LogP contribution is -2.17. The highest BCUT2D eigenvalue weighted by molar-refractivity contribution is 6.36. The zero-order valence-electron chi connectivity index (χ0n) is 15.7. The lowest BCUT2D eigenvalue weighted by molar-refractivity contribution is 0.0955. The second-order valence-electron chi connectivity index (χ2n) is 6.55. The van der Waals surface area contributed by atoms with E-state index in [9.17, 15) is 4.79 Å².